The minimum atomic E-state index is 0.255. The second-order valence-electron chi connectivity index (χ2n) is 4.93. The summed E-state index contributed by atoms with van der Waals surface area (Å²) in [6.07, 6.45) is 2.03. The summed E-state index contributed by atoms with van der Waals surface area (Å²) in [5, 5.41) is 3.34. The Hall–Kier alpha value is -0.840. The third-order valence-corrected chi connectivity index (χ3v) is 2.35. The average Bonchev–Trinajstić information content (AvgIpc) is 2.73. The van der Waals surface area contributed by atoms with Gasteiger partial charge in [-0.15, -0.1) is 0 Å². The van der Waals surface area contributed by atoms with Crippen molar-refractivity contribution in [3.8, 4) is 0 Å². The van der Waals surface area contributed by atoms with Gasteiger partial charge in [-0.2, -0.15) is 0 Å². The summed E-state index contributed by atoms with van der Waals surface area (Å²) in [6.45, 7) is 10.8. The van der Waals surface area contributed by atoms with Crippen molar-refractivity contribution in [1.82, 2.24) is 5.32 Å². The van der Waals surface area contributed by atoms with Gasteiger partial charge in [-0.3, -0.25) is 0 Å². The van der Waals surface area contributed by atoms with Crippen LogP contribution in [0.3, 0.4) is 0 Å². The maximum Gasteiger partial charge on any atom is 0.129 e. The third-order valence-electron chi connectivity index (χ3n) is 2.35. The Morgan fingerprint density at radius 2 is 2.00 bits per heavy atom. The first-order chi connectivity index (χ1) is 8.58. The molecule has 1 N–H and O–H groups in total. The molecular formula is C14H25NO3. The van der Waals surface area contributed by atoms with Gasteiger partial charge in [-0.1, -0.05) is 13.8 Å². The van der Waals surface area contributed by atoms with Gasteiger partial charge in [-0.05, 0) is 19.9 Å². The van der Waals surface area contributed by atoms with Crippen LogP contribution in [-0.4, -0.2) is 25.4 Å². The Balaban J connectivity index is 2.15. The summed E-state index contributed by atoms with van der Waals surface area (Å²) in [6, 6.07) is 2.51. The molecule has 4 nitrogen and oxygen atoms in total. The fourth-order valence-corrected chi connectivity index (χ4v) is 1.43. The standard InChI is InChI=1S/C14H25NO3/c1-11(2)15-8-13-7-14(18-9-13)10-16-5-6-17-12(3)4/h7,9,11-12,15H,5-6,8,10H2,1-4H3. The van der Waals surface area contributed by atoms with Crippen LogP contribution in [0.4, 0.5) is 0 Å². The van der Waals surface area contributed by atoms with Crippen LogP contribution in [0, 0.1) is 0 Å². The minimum absolute atomic E-state index is 0.255. The van der Waals surface area contributed by atoms with Gasteiger partial charge in [0.2, 0.25) is 0 Å². The van der Waals surface area contributed by atoms with Crippen molar-refractivity contribution in [3.05, 3.63) is 23.7 Å². The monoisotopic (exact) mass is 255 g/mol. The van der Waals surface area contributed by atoms with Gasteiger partial charge in [0.05, 0.1) is 25.6 Å². The van der Waals surface area contributed by atoms with Crippen molar-refractivity contribution < 1.29 is 13.9 Å². The van der Waals surface area contributed by atoms with E-state index in [1.54, 1.807) is 6.26 Å². The zero-order chi connectivity index (χ0) is 13.4. The second-order valence-corrected chi connectivity index (χ2v) is 4.93. The lowest BCUT2D eigenvalue weighted by molar-refractivity contribution is 0.0104. The molecule has 1 rings (SSSR count). The van der Waals surface area contributed by atoms with Crippen molar-refractivity contribution in [3.63, 3.8) is 0 Å². The van der Waals surface area contributed by atoms with Crippen LogP contribution >= 0.6 is 0 Å². The number of hydrogen-bond donors (Lipinski definition) is 1. The van der Waals surface area contributed by atoms with E-state index < -0.39 is 0 Å². The molecule has 0 aliphatic rings. The lowest BCUT2D eigenvalue weighted by Crippen LogP contribution is -2.21. The van der Waals surface area contributed by atoms with E-state index >= 15 is 0 Å². The highest BCUT2D eigenvalue weighted by atomic mass is 16.5. The largest absolute Gasteiger partial charge is 0.467 e. The molecule has 0 fully saturated rings. The van der Waals surface area contributed by atoms with E-state index in [0.717, 1.165) is 17.9 Å². The molecule has 4 heteroatoms. The van der Waals surface area contributed by atoms with E-state index in [1.807, 2.05) is 19.9 Å². The molecule has 0 spiro atoms. The number of nitrogens with one attached hydrogen (secondary N) is 1. The zero-order valence-corrected chi connectivity index (χ0v) is 11.9. The van der Waals surface area contributed by atoms with Gasteiger partial charge in [0, 0.05) is 18.2 Å². The van der Waals surface area contributed by atoms with Crippen molar-refractivity contribution in [2.24, 2.45) is 0 Å². The molecule has 0 aliphatic heterocycles. The number of ether oxygens (including phenoxy) is 2. The van der Waals surface area contributed by atoms with Crippen LogP contribution in [-0.2, 0) is 22.6 Å². The molecule has 104 valence electrons. The lowest BCUT2D eigenvalue weighted by atomic mass is 10.3. The Labute approximate surface area is 110 Å². The Bertz CT molecular complexity index is 321. The Morgan fingerprint density at radius 3 is 2.67 bits per heavy atom. The minimum Gasteiger partial charge on any atom is -0.467 e. The third kappa shape index (κ3) is 6.79. The SMILES string of the molecule is CC(C)NCc1coc(COCCOC(C)C)c1. The number of hydrogen-bond acceptors (Lipinski definition) is 4. The van der Waals surface area contributed by atoms with E-state index in [2.05, 4.69) is 19.2 Å². The van der Waals surface area contributed by atoms with E-state index in [-0.39, 0.29) is 6.10 Å². The fourth-order valence-electron chi connectivity index (χ4n) is 1.43. The van der Waals surface area contributed by atoms with Crippen molar-refractivity contribution in [2.75, 3.05) is 13.2 Å². The molecule has 0 amide bonds. The highest BCUT2D eigenvalue weighted by Gasteiger charge is 2.03. The van der Waals surface area contributed by atoms with E-state index in [9.17, 15) is 0 Å². The van der Waals surface area contributed by atoms with Gasteiger partial charge >= 0.3 is 0 Å². The normalized spacial score (nSPS) is 11.7. The number of furan rings is 1. The van der Waals surface area contributed by atoms with Crippen molar-refractivity contribution in [1.29, 1.82) is 0 Å². The summed E-state index contributed by atoms with van der Waals surface area (Å²) in [4.78, 5) is 0. The van der Waals surface area contributed by atoms with Gasteiger partial charge < -0.3 is 19.2 Å². The second kappa shape index (κ2) is 8.29. The molecular weight excluding hydrogens is 230 g/mol. The molecule has 0 radical (unpaired) electrons. The van der Waals surface area contributed by atoms with Crippen LogP contribution in [0.1, 0.15) is 39.0 Å². The average molecular weight is 255 g/mol. The molecule has 1 heterocycles. The van der Waals surface area contributed by atoms with Crippen molar-refractivity contribution >= 4 is 0 Å². The molecule has 18 heavy (non-hydrogen) atoms. The van der Waals surface area contributed by atoms with Gasteiger partial charge in [0.25, 0.3) is 0 Å². The van der Waals surface area contributed by atoms with Gasteiger partial charge in [0.1, 0.15) is 12.4 Å². The first-order valence-corrected chi connectivity index (χ1v) is 6.57. The Morgan fingerprint density at radius 1 is 1.22 bits per heavy atom. The smallest absolute Gasteiger partial charge is 0.129 e. The molecule has 1 aromatic rings. The van der Waals surface area contributed by atoms with Gasteiger partial charge in [-0.25, -0.2) is 0 Å². The summed E-state index contributed by atoms with van der Waals surface area (Å²) < 4.78 is 16.3. The van der Waals surface area contributed by atoms with Crippen LogP contribution in [0.15, 0.2) is 16.7 Å². The molecule has 0 aromatic carbocycles. The van der Waals surface area contributed by atoms with Crippen LogP contribution in [0.2, 0.25) is 0 Å². The van der Waals surface area contributed by atoms with E-state index in [1.165, 1.54) is 0 Å². The van der Waals surface area contributed by atoms with Gasteiger partial charge in [0.15, 0.2) is 0 Å². The predicted octanol–water partition coefficient (Wildman–Crippen LogP) is 2.72. The summed E-state index contributed by atoms with van der Waals surface area (Å²) in [5.74, 6) is 0.861. The maximum atomic E-state index is 5.47. The maximum absolute atomic E-state index is 5.47. The topological polar surface area (TPSA) is 43.6 Å². The molecule has 0 atom stereocenters. The molecule has 0 saturated heterocycles. The molecule has 0 unspecified atom stereocenters. The first kappa shape index (κ1) is 15.2. The lowest BCUT2D eigenvalue weighted by Gasteiger charge is -2.07. The molecule has 0 saturated carbocycles. The quantitative estimate of drug-likeness (QED) is 0.689. The molecule has 0 bridgehead atoms. The first-order valence-electron chi connectivity index (χ1n) is 6.57. The molecule has 1 aromatic heterocycles. The molecule has 0 aliphatic carbocycles. The van der Waals surface area contributed by atoms with E-state index in [4.69, 9.17) is 13.9 Å². The Kier molecular flexibility index (Phi) is 7.01. The van der Waals surface area contributed by atoms with Crippen LogP contribution < -0.4 is 5.32 Å². The number of rotatable bonds is 9. The highest BCUT2D eigenvalue weighted by Crippen LogP contribution is 2.09. The highest BCUT2D eigenvalue weighted by molar-refractivity contribution is 5.12. The van der Waals surface area contributed by atoms with Crippen LogP contribution in [0.25, 0.3) is 0 Å². The summed E-state index contributed by atoms with van der Waals surface area (Å²) >= 11 is 0. The predicted molar refractivity (Wildman–Crippen MR) is 71.4 cm³/mol. The zero-order valence-electron chi connectivity index (χ0n) is 11.9. The van der Waals surface area contributed by atoms with Crippen molar-refractivity contribution in [2.45, 2.75) is 53.0 Å². The van der Waals surface area contributed by atoms with E-state index in [0.29, 0.717) is 25.9 Å². The summed E-state index contributed by atoms with van der Waals surface area (Å²) in [7, 11) is 0. The summed E-state index contributed by atoms with van der Waals surface area (Å²) in [5.41, 5.74) is 1.15. The van der Waals surface area contributed by atoms with Crippen LogP contribution in [0.5, 0.6) is 0 Å². The fraction of sp³-hybridized carbons (Fsp3) is 0.714.